The van der Waals surface area contributed by atoms with Crippen molar-refractivity contribution in [3.8, 4) is 5.75 Å². The Bertz CT molecular complexity index is 642. The quantitative estimate of drug-likeness (QED) is 0.916. The molecule has 0 unspecified atom stereocenters. The molecule has 1 N–H and O–H groups in total. The smallest absolute Gasteiger partial charge is 0.221 e. The fraction of sp³-hybridized carbons (Fsp3) is 0.389. The third-order valence-electron chi connectivity index (χ3n) is 3.91. The minimum Gasteiger partial charge on any atom is -0.489 e. The number of amides is 1. The van der Waals surface area contributed by atoms with Crippen LogP contribution in [0.4, 0.5) is 0 Å². The van der Waals surface area contributed by atoms with Gasteiger partial charge in [0, 0.05) is 36.5 Å². The normalized spacial score (nSPS) is 17.9. The van der Waals surface area contributed by atoms with Crippen LogP contribution >= 0.6 is 11.3 Å². The van der Waals surface area contributed by atoms with Gasteiger partial charge in [-0.1, -0.05) is 24.3 Å². The van der Waals surface area contributed by atoms with E-state index in [1.165, 1.54) is 10.4 Å². The first-order valence-electron chi connectivity index (χ1n) is 7.96. The monoisotopic (exact) mass is 330 g/mol. The number of carbonyl (C=O) groups excluding carboxylic acids is 1. The molecule has 23 heavy (non-hydrogen) atoms. The number of para-hydroxylation sites is 1. The van der Waals surface area contributed by atoms with Crippen LogP contribution in [0, 0.1) is 0 Å². The van der Waals surface area contributed by atoms with Crippen molar-refractivity contribution in [3.05, 3.63) is 52.2 Å². The van der Waals surface area contributed by atoms with E-state index in [0.29, 0.717) is 13.0 Å². The third-order valence-corrected chi connectivity index (χ3v) is 4.78. The van der Waals surface area contributed by atoms with Gasteiger partial charge in [-0.3, -0.25) is 9.69 Å². The molecule has 0 fully saturated rings. The first-order valence-corrected chi connectivity index (χ1v) is 8.84. The van der Waals surface area contributed by atoms with Crippen LogP contribution < -0.4 is 10.1 Å². The van der Waals surface area contributed by atoms with Gasteiger partial charge >= 0.3 is 0 Å². The van der Waals surface area contributed by atoms with Gasteiger partial charge in [0.1, 0.15) is 11.9 Å². The second-order valence-corrected chi connectivity index (χ2v) is 6.91. The fourth-order valence-electron chi connectivity index (χ4n) is 2.79. The van der Waals surface area contributed by atoms with Gasteiger partial charge in [-0.05, 0) is 24.4 Å². The molecule has 2 aromatic rings. The maximum Gasteiger partial charge on any atom is 0.221 e. The van der Waals surface area contributed by atoms with E-state index < -0.39 is 0 Å². The zero-order valence-corrected chi connectivity index (χ0v) is 14.1. The average Bonchev–Trinajstić information content (AvgIpc) is 3.00. The molecule has 0 saturated carbocycles. The van der Waals surface area contributed by atoms with Gasteiger partial charge in [-0.25, -0.2) is 0 Å². The van der Waals surface area contributed by atoms with Gasteiger partial charge in [0.05, 0.1) is 6.54 Å². The summed E-state index contributed by atoms with van der Waals surface area (Å²) < 4.78 is 5.95. The molecule has 1 aliphatic rings. The van der Waals surface area contributed by atoms with Crippen LogP contribution in [0.1, 0.15) is 23.8 Å². The zero-order chi connectivity index (χ0) is 16.1. The molecule has 2 heterocycles. The lowest BCUT2D eigenvalue weighted by Crippen LogP contribution is -2.34. The molecular weight excluding hydrogens is 308 g/mol. The van der Waals surface area contributed by atoms with E-state index in [2.05, 4.69) is 23.2 Å². The molecule has 0 bridgehead atoms. The van der Waals surface area contributed by atoms with Crippen LogP contribution in [0.25, 0.3) is 0 Å². The predicted octanol–water partition coefficient (Wildman–Crippen LogP) is 3.04. The van der Waals surface area contributed by atoms with E-state index in [9.17, 15) is 4.79 Å². The second-order valence-electron chi connectivity index (χ2n) is 5.88. The van der Waals surface area contributed by atoms with E-state index in [1.54, 1.807) is 11.3 Å². The maximum absolute atomic E-state index is 12.0. The van der Waals surface area contributed by atoms with E-state index in [1.807, 2.05) is 35.7 Å². The molecule has 1 atom stereocenters. The van der Waals surface area contributed by atoms with Crippen LogP contribution in [0.5, 0.6) is 5.75 Å². The Kier molecular flexibility index (Phi) is 5.31. The molecule has 3 rings (SSSR count). The lowest BCUT2D eigenvalue weighted by atomic mass is 10.2. The van der Waals surface area contributed by atoms with Gasteiger partial charge in [0.15, 0.2) is 0 Å². The number of fused-ring (bicyclic) bond motifs is 1. The Labute approximate surface area is 141 Å². The largest absolute Gasteiger partial charge is 0.489 e. The van der Waals surface area contributed by atoms with Crippen molar-refractivity contribution in [2.75, 3.05) is 13.1 Å². The number of hydrogen-bond donors (Lipinski definition) is 1. The molecule has 1 aromatic carbocycles. The van der Waals surface area contributed by atoms with Gasteiger partial charge in [0.2, 0.25) is 5.91 Å². The number of benzene rings is 1. The van der Waals surface area contributed by atoms with Crippen molar-refractivity contribution < 1.29 is 9.53 Å². The lowest BCUT2D eigenvalue weighted by Gasteiger charge is -2.21. The highest BCUT2D eigenvalue weighted by molar-refractivity contribution is 7.09. The Morgan fingerprint density at radius 2 is 2.22 bits per heavy atom. The molecule has 0 radical (unpaired) electrons. The van der Waals surface area contributed by atoms with Gasteiger partial charge < -0.3 is 10.1 Å². The number of carbonyl (C=O) groups is 1. The molecule has 0 spiro atoms. The van der Waals surface area contributed by atoms with Crippen molar-refractivity contribution in [1.29, 1.82) is 0 Å². The summed E-state index contributed by atoms with van der Waals surface area (Å²) in [6, 6.07) is 12.2. The Hall–Kier alpha value is -1.85. The molecule has 122 valence electrons. The number of rotatable bonds is 5. The van der Waals surface area contributed by atoms with E-state index in [0.717, 1.165) is 25.4 Å². The highest BCUT2D eigenvalue weighted by atomic mass is 32.1. The lowest BCUT2D eigenvalue weighted by molar-refractivity contribution is -0.121. The molecule has 0 saturated heterocycles. The summed E-state index contributed by atoms with van der Waals surface area (Å²) in [5, 5.41) is 5.01. The number of hydrogen-bond acceptors (Lipinski definition) is 4. The van der Waals surface area contributed by atoms with Crippen molar-refractivity contribution in [2.24, 2.45) is 0 Å². The number of ether oxygens (including phenoxy) is 1. The fourth-order valence-corrected chi connectivity index (χ4v) is 3.43. The SMILES string of the molecule is C[C@H]1CN(CCC(=O)NCc2cccs2)Cc2ccccc2O1. The summed E-state index contributed by atoms with van der Waals surface area (Å²) in [5.74, 6) is 1.06. The maximum atomic E-state index is 12.0. The minimum absolute atomic E-state index is 0.101. The van der Waals surface area contributed by atoms with Crippen molar-refractivity contribution in [3.63, 3.8) is 0 Å². The Balaban J connectivity index is 1.50. The number of nitrogens with zero attached hydrogens (tertiary/aromatic N) is 1. The van der Waals surface area contributed by atoms with Gasteiger partial charge in [-0.2, -0.15) is 0 Å². The highest BCUT2D eigenvalue weighted by Crippen LogP contribution is 2.24. The third kappa shape index (κ3) is 4.56. The molecule has 1 aliphatic heterocycles. The summed E-state index contributed by atoms with van der Waals surface area (Å²) in [5.41, 5.74) is 1.19. The molecule has 1 aromatic heterocycles. The Morgan fingerprint density at radius 3 is 3.04 bits per heavy atom. The van der Waals surface area contributed by atoms with Gasteiger partial charge in [0.25, 0.3) is 0 Å². The second kappa shape index (κ2) is 7.62. The van der Waals surface area contributed by atoms with E-state index >= 15 is 0 Å². The molecule has 1 amide bonds. The molecule has 4 nitrogen and oxygen atoms in total. The number of nitrogens with one attached hydrogen (secondary N) is 1. The molecule has 0 aliphatic carbocycles. The van der Waals surface area contributed by atoms with Crippen LogP contribution in [0.2, 0.25) is 0 Å². The van der Waals surface area contributed by atoms with Crippen LogP contribution in [-0.4, -0.2) is 30.0 Å². The Morgan fingerprint density at radius 1 is 1.35 bits per heavy atom. The standard InChI is InChI=1S/C18H22N2O2S/c1-14-12-20(13-15-5-2-3-7-17(15)22-14)9-8-18(21)19-11-16-6-4-10-23-16/h2-7,10,14H,8-9,11-13H2,1H3,(H,19,21)/t14-/m0/s1. The zero-order valence-electron chi connectivity index (χ0n) is 13.3. The molecule has 5 heteroatoms. The molecular formula is C18H22N2O2S. The average molecular weight is 330 g/mol. The van der Waals surface area contributed by atoms with Crippen LogP contribution in [0.15, 0.2) is 41.8 Å². The van der Waals surface area contributed by atoms with Crippen LogP contribution in [0.3, 0.4) is 0 Å². The first kappa shape index (κ1) is 16.0. The summed E-state index contributed by atoms with van der Waals surface area (Å²) in [4.78, 5) is 15.5. The summed E-state index contributed by atoms with van der Waals surface area (Å²) in [7, 11) is 0. The van der Waals surface area contributed by atoms with E-state index in [-0.39, 0.29) is 12.0 Å². The topological polar surface area (TPSA) is 41.6 Å². The highest BCUT2D eigenvalue weighted by Gasteiger charge is 2.20. The predicted molar refractivity (Wildman–Crippen MR) is 92.6 cm³/mol. The first-order chi connectivity index (χ1) is 11.2. The van der Waals surface area contributed by atoms with Gasteiger partial charge in [-0.15, -0.1) is 11.3 Å². The van der Waals surface area contributed by atoms with Crippen molar-refractivity contribution in [2.45, 2.75) is 32.5 Å². The van der Waals surface area contributed by atoms with E-state index in [4.69, 9.17) is 4.74 Å². The summed E-state index contributed by atoms with van der Waals surface area (Å²) in [6.45, 7) is 5.12. The van der Waals surface area contributed by atoms with Crippen LogP contribution in [-0.2, 0) is 17.9 Å². The minimum atomic E-state index is 0.101. The van der Waals surface area contributed by atoms with Crippen molar-refractivity contribution in [1.82, 2.24) is 10.2 Å². The van der Waals surface area contributed by atoms with Crippen molar-refractivity contribution >= 4 is 17.2 Å². The number of thiophene rings is 1. The summed E-state index contributed by atoms with van der Waals surface area (Å²) >= 11 is 1.66. The summed E-state index contributed by atoms with van der Waals surface area (Å²) in [6.07, 6.45) is 0.646.